The average Bonchev–Trinajstić information content (AvgIpc) is 2.93. The Balaban J connectivity index is 1.92. The average molecular weight is 337 g/mol. The van der Waals surface area contributed by atoms with Crippen LogP contribution in [0.25, 0.3) is 10.8 Å². The van der Waals surface area contributed by atoms with Crippen molar-refractivity contribution < 1.29 is 4.79 Å². The van der Waals surface area contributed by atoms with Crippen LogP contribution in [0, 0.1) is 0 Å². The summed E-state index contributed by atoms with van der Waals surface area (Å²) in [7, 11) is 0. The third-order valence-electron chi connectivity index (χ3n) is 4.23. The SMILES string of the molecule is O=C(c1ccc(Br)cc1)c1ccc2c3c(cccc13)CC2. The molecular weight excluding hydrogens is 324 g/mol. The molecule has 0 bridgehead atoms. The lowest BCUT2D eigenvalue weighted by Crippen LogP contribution is -2.02. The molecule has 0 saturated carbocycles. The van der Waals surface area contributed by atoms with Gasteiger partial charge in [-0.05, 0) is 59.0 Å². The summed E-state index contributed by atoms with van der Waals surface area (Å²) >= 11 is 3.41. The van der Waals surface area contributed by atoms with Crippen molar-refractivity contribution >= 4 is 32.5 Å². The molecule has 0 amide bonds. The largest absolute Gasteiger partial charge is 0.289 e. The third-order valence-corrected chi connectivity index (χ3v) is 4.76. The fourth-order valence-electron chi connectivity index (χ4n) is 3.20. The van der Waals surface area contributed by atoms with Crippen LogP contribution in [0.4, 0.5) is 0 Å². The summed E-state index contributed by atoms with van der Waals surface area (Å²) in [4.78, 5) is 12.8. The van der Waals surface area contributed by atoms with Crippen LogP contribution in [0.15, 0.2) is 59.1 Å². The maximum Gasteiger partial charge on any atom is 0.193 e. The van der Waals surface area contributed by atoms with Gasteiger partial charge in [0.25, 0.3) is 0 Å². The van der Waals surface area contributed by atoms with Crippen LogP contribution >= 0.6 is 15.9 Å². The molecule has 3 aromatic carbocycles. The smallest absolute Gasteiger partial charge is 0.193 e. The number of hydrogen-bond donors (Lipinski definition) is 0. The van der Waals surface area contributed by atoms with E-state index in [4.69, 9.17) is 0 Å². The second-order valence-electron chi connectivity index (χ2n) is 5.45. The van der Waals surface area contributed by atoms with Gasteiger partial charge < -0.3 is 0 Å². The van der Waals surface area contributed by atoms with Gasteiger partial charge in [0.2, 0.25) is 0 Å². The number of halogens is 1. The highest BCUT2D eigenvalue weighted by atomic mass is 79.9. The molecule has 0 N–H and O–H groups in total. The predicted octanol–water partition coefficient (Wildman–Crippen LogP) is 4.93. The summed E-state index contributed by atoms with van der Waals surface area (Å²) in [5.41, 5.74) is 4.28. The van der Waals surface area contributed by atoms with Gasteiger partial charge in [-0.1, -0.05) is 46.3 Å². The minimum Gasteiger partial charge on any atom is -0.289 e. The van der Waals surface area contributed by atoms with E-state index in [1.165, 1.54) is 16.5 Å². The van der Waals surface area contributed by atoms with Gasteiger partial charge in [-0.25, -0.2) is 0 Å². The van der Waals surface area contributed by atoms with Crippen LogP contribution in [-0.4, -0.2) is 5.78 Å². The Morgan fingerprint density at radius 3 is 2.33 bits per heavy atom. The topological polar surface area (TPSA) is 17.1 Å². The second kappa shape index (κ2) is 4.81. The monoisotopic (exact) mass is 336 g/mol. The van der Waals surface area contributed by atoms with E-state index >= 15 is 0 Å². The van der Waals surface area contributed by atoms with Gasteiger partial charge in [0.1, 0.15) is 0 Å². The highest BCUT2D eigenvalue weighted by Gasteiger charge is 2.19. The fourth-order valence-corrected chi connectivity index (χ4v) is 3.47. The van der Waals surface area contributed by atoms with Crippen LogP contribution in [-0.2, 0) is 12.8 Å². The Bertz CT molecular complexity index is 852. The number of ketones is 1. The van der Waals surface area contributed by atoms with E-state index in [1.54, 1.807) is 0 Å². The molecule has 0 unspecified atom stereocenters. The first-order valence-electron chi connectivity index (χ1n) is 7.08. The molecule has 21 heavy (non-hydrogen) atoms. The molecule has 1 aliphatic carbocycles. The highest BCUT2D eigenvalue weighted by molar-refractivity contribution is 9.10. The molecule has 0 spiro atoms. The van der Waals surface area contributed by atoms with Gasteiger partial charge in [-0.2, -0.15) is 0 Å². The summed E-state index contributed by atoms with van der Waals surface area (Å²) in [6, 6.07) is 18.0. The quantitative estimate of drug-likeness (QED) is 0.606. The number of carbonyl (C=O) groups excluding carboxylic acids is 1. The first-order chi connectivity index (χ1) is 10.2. The van der Waals surface area contributed by atoms with Crippen LogP contribution in [0.3, 0.4) is 0 Å². The van der Waals surface area contributed by atoms with Crippen molar-refractivity contribution in [2.45, 2.75) is 12.8 Å². The molecule has 4 rings (SSSR count). The molecule has 102 valence electrons. The Morgan fingerprint density at radius 2 is 1.57 bits per heavy atom. The number of aryl methyl sites for hydroxylation is 2. The highest BCUT2D eigenvalue weighted by Crippen LogP contribution is 2.33. The molecule has 0 atom stereocenters. The van der Waals surface area contributed by atoms with E-state index in [9.17, 15) is 4.79 Å². The van der Waals surface area contributed by atoms with Crippen LogP contribution < -0.4 is 0 Å². The van der Waals surface area contributed by atoms with Gasteiger partial charge in [-0.3, -0.25) is 4.79 Å². The maximum atomic E-state index is 12.8. The Hall–Kier alpha value is -1.93. The van der Waals surface area contributed by atoms with Crippen LogP contribution in [0.1, 0.15) is 27.0 Å². The molecule has 3 aromatic rings. The van der Waals surface area contributed by atoms with E-state index in [0.717, 1.165) is 33.8 Å². The van der Waals surface area contributed by atoms with Gasteiger partial charge in [-0.15, -0.1) is 0 Å². The number of rotatable bonds is 2. The molecule has 1 nitrogen and oxygen atoms in total. The van der Waals surface area contributed by atoms with Gasteiger partial charge in [0, 0.05) is 15.6 Å². The molecule has 1 aliphatic rings. The van der Waals surface area contributed by atoms with Crippen molar-refractivity contribution in [3.05, 3.63) is 81.3 Å². The number of hydrogen-bond acceptors (Lipinski definition) is 1. The van der Waals surface area contributed by atoms with Crippen LogP contribution in [0.5, 0.6) is 0 Å². The van der Waals surface area contributed by atoms with Crippen molar-refractivity contribution in [1.82, 2.24) is 0 Å². The Kier molecular flexibility index (Phi) is 2.93. The standard InChI is InChI=1S/C19H13BrO/c20-15-9-6-14(7-10-15)19(21)17-11-8-13-5-4-12-2-1-3-16(17)18(12)13/h1-3,6-11H,4-5H2. The minimum absolute atomic E-state index is 0.0955. The fraction of sp³-hybridized carbons (Fsp3) is 0.105. The zero-order valence-electron chi connectivity index (χ0n) is 11.4. The predicted molar refractivity (Wildman–Crippen MR) is 88.9 cm³/mol. The molecular formula is C19H13BrO. The Morgan fingerprint density at radius 1 is 0.857 bits per heavy atom. The van der Waals surface area contributed by atoms with Gasteiger partial charge in [0.05, 0.1) is 0 Å². The van der Waals surface area contributed by atoms with Crippen molar-refractivity contribution in [3.8, 4) is 0 Å². The summed E-state index contributed by atoms with van der Waals surface area (Å²) in [5, 5.41) is 2.39. The van der Waals surface area contributed by atoms with E-state index in [-0.39, 0.29) is 5.78 Å². The van der Waals surface area contributed by atoms with E-state index < -0.39 is 0 Å². The van der Waals surface area contributed by atoms with Crippen molar-refractivity contribution in [2.75, 3.05) is 0 Å². The normalized spacial score (nSPS) is 12.8. The van der Waals surface area contributed by atoms with E-state index in [1.807, 2.05) is 30.3 Å². The van der Waals surface area contributed by atoms with Gasteiger partial charge in [0.15, 0.2) is 5.78 Å². The lowest BCUT2D eigenvalue weighted by atomic mass is 9.95. The molecule has 0 aliphatic heterocycles. The van der Waals surface area contributed by atoms with E-state index in [2.05, 4.69) is 40.2 Å². The first-order valence-corrected chi connectivity index (χ1v) is 7.87. The van der Waals surface area contributed by atoms with Crippen LogP contribution in [0.2, 0.25) is 0 Å². The number of carbonyl (C=O) groups is 1. The zero-order chi connectivity index (χ0) is 14.4. The maximum absolute atomic E-state index is 12.8. The van der Waals surface area contributed by atoms with E-state index in [0.29, 0.717) is 0 Å². The second-order valence-corrected chi connectivity index (χ2v) is 6.36. The summed E-state index contributed by atoms with van der Waals surface area (Å²) in [6.45, 7) is 0. The molecule has 0 fully saturated rings. The van der Waals surface area contributed by atoms with Crippen molar-refractivity contribution in [1.29, 1.82) is 0 Å². The molecule has 0 saturated heterocycles. The first kappa shape index (κ1) is 12.8. The van der Waals surface area contributed by atoms with Crippen molar-refractivity contribution in [2.24, 2.45) is 0 Å². The summed E-state index contributed by atoms with van der Waals surface area (Å²) < 4.78 is 0.986. The zero-order valence-corrected chi connectivity index (χ0v) is 13.0. The lowest BCUT2D eigenvalue weighted by Gasteiger charge is -2.08. The molecule has 0 heterocycles. The third kappa shape index (κ3) is 2.02. The molecule has 2 heteroatoms. The summed E-state index contributed by atoms with van der Waals surface area (Å²) in [5.74, 6) is 0.0955. The van der Waals surface area contributed by atoms with Gasteiger partial charge >= 0.3 is 0 Å². The lowest BCUT2D eigenvalue weighted by molar-refractivity contribution is 0.104. The Labute approximate surface area is 131 Å². The number of benzene rings is 3. The molecule has 0 radical (unpaired) electrons. The summed E-state index contributed by atoms with van der Waals surface area (Å²) in [6.07, 6.45) is 2.17. The minimum atomic E-state index is 0.0955. The van der Waals surface area contributed by atoms with Crippen molar-refractivity contribution in [3.63, 3.8) is 0 Å². The molecule has 0 aromatic heterocycles.